The highest BCUT2D eigenvalue weighted by Crippen LogP contribution is 2.07. The van der Waals surface area contributed by atoms with Crippen molar-refractivity contribution < 1.29 is 9.90 Å². The number of aliphatic hydroxyl groups excluding tert-OH is 1. The number of hydrogen-bond donors (Lipinski definition) is 2. The first kappa shape index (κ1) is 10.9. The minimum absolute atomic E-state index is 0.214. The van der Waals surface area contributed by atoms with Gasteiger partial charge in [-0.3, -0.25) is 9.78 Å². The highest BCUT2D eigenvalue weighted by atomic mass is 35.5. The van der Waals surface area contributed by atoms with E-state index in [0.717, 1.165) is 0 Å². The van der Waals surface area contributed by atoms with E-state index in [4.69, 9.17) is 16.7 Å². The third-order valence-corrected chi connectivity index (χ3v) is 1.73. The van der Waals surface area contributed by atoms with Crippen molar-refractivity contribution in [3.63, 3.8) is 0 Å². The fourth-order valence-electron chi connectivity index (χ4n) is 0.879. The SMILES string of the molecule is CC(O)CNC(=O)c1cncc(Cl)c1. The predicted molar refractivity (Wildman–Crippen MR) is 53.3 cm³/mol. The van der Waals surface area contributed by atoms with Crippen molar-refractivity contribution in [1.29, 1.82) is 0 Å². The molecule has 0 aromatic carbocycles. The number of carbonyl (C=O) groups excluding carboxylic acids is 1. The van der Waals surface area contributed by atoms with Crippen LogP contribution in [0.1, 0.15) is 17.3 Å². The van der Waals surface area contributed by atoms with Crippen LogP contribution in [0.2, 0.25) is 5.02 Å². The molecule has 0 saturated heterocycles. The Kier molecular flexibility index (Phi) is 3.85. The summed E-state index contributed by atoms with van der Waals surface area (Å²) < 4.78 is 0. The second-order valence-electron chi connectivity index (χ2n) is 2.95. The molecule has 1 amide bonds. The van der Waals surface area contributed by atoms with Crippen LogP contribution in [-0.2, 0) is 0 Å². The molecule has 0 spiro atoms. The van der Waals surface area contributed by atoms with Crippen molar-refractivity contribution in [1.82, 2.24) is 10.3 Å². The molecule has 1 rings (SSSR count). The summed E-state index contributed by atoms with van der Waals surface area (Å²) in [4.78, 5) is 15.2. The first-order chi connectivity index (χ1) is 6.59. The topological polar surface area (TPSA) is 62.2 Å². The lowest BCUT2D eigenvalue weighted by molar-refractivity contribution is 0.0923. The van der Waals surface area contributed by atoms with E-state index in [1.165, 1.54) is 18.5 Å². The van der Waals surface area contributed by atoms with E-state index in [-0.39, 0.29) is 12.5 Å². The Hall–Kier alpha value is -1.13. The van der Waals surface area contributed by atoms with Crippen LogP contribution in [0.15, 0.2) is 18.5 Å². The van der Waals surface area contributed by atoms with Gasteiger partial charge in [-0.2, -0.15) is 0 Å². The van der Waals surface area contributed by atoms with Gasteiger partial charge in [0.25, 0.3) is 5.91 Å². The molecule has 0 fully saturated rings. The van der Waals surface area contributed by atoms with E-state index >= 15 is 0 Å². The lowest BCUT2D eigenvalue weighted by Crippen LogP contribution is -2.30. The molecule has 0 aliphatic heterocycles. The molecule has 0 aliphatic rings. The van der Waals surface area contributed by atoms with E-state index in [1.807, 2.05) is 0 Å². The Morgan fingerprint density at radius 1 is 1.71 bits per heavy atom. The predicted octanol–water partition coefficient (Wildman–Crippen LogP) is 0.846. The molecule has 1 atom stereocenters. The largest absolute Gasteiger partial charge is 0.392 e. The summed E-state index contributed by atoms with van der Waals surface area (Å²) in [5.41, 5.74) is 0.387. The molecule has 0 aliphatic carbocycles. The van der Waals surface area contributed by atoms with Crippen molar-refractivity contribution in [2.75, 3.05) is 6.54 Å². The maximum atomic E-state index is 11.4. The second-order valence-corrected chi connectivity index (χ2v) is 3.39. The van der Waals surface area contributed by atoms with Crippen LogP contribution in [-0.4, -0.2) is 28.6 Å². The number of hydrogen-bond acceptors (Lipinski definition) is 3. The molecule has 14 heavy (non-hydrogen) atoms. The Morgan fingerprint density at radius 3 is 3.00 bits per heavy atom. The van der Waals surface area contributed by atoms with Gasteiger partial charge in [-0.05, 0) is 13.0 Å². The Morgan fingerprint density at radius 2 is 2.43 bits per heavy atom. The lowest BCUT2D eigenvalue weighted by atomic mass is 10.2. The van der Waals surface area contributed by atoms with Gasteiger partial charge in [-0.15, -0.1) is 0 Å². The number of nitrogens with one attached hydrogen (secondary N) is 1. The summed E-state index contributed by atoms with van der Waals surface area (Å²) in [6, 6.07) is 1.52. The molecule has 2 N–H and O–H groups in total. The third kappa shape index (κ3) is 3.32. The second kappa shape index (κ2) is 4.93. The molecular formula is C9H11ClN2O2. The fourth-order valence-corrected chi connectivity index (χ4v) is 1.05. The monoisotopic (exact) mass is 214 g/mol. The average Bonchev–Trinajstić information content (AvgIpc) is 2.14. The van der Waals surface area contributed by atoms with Crippen molar-refractivity contribution in [2.45, 2.75) is 13.0 Å². The van der Waals surface area contributed by atoms with E-state index < -0.39 is 6.10 Å². The number of pyridine rings is 1. The Bertz CT molecular complexity index is 328. The smallest absolute Gasteiger partial charge is 0.252 e. The fraction of sp³-hybridized carbons (Fsp3) is 0.333. The van der Waals surface area contributed by atoms with E-state index in [1.54, 1.807) is 6.92 Å². The first-order valence-electron chi connectivity index (χ1n) is 4.16. The van der Waals surface area contributed by atoms with Gasteiger partial charge < -0.3 is 10.4 Å². The zero-order chi connectivity index (χ0) is 10.6. The number of rotatable bonds is 3. The third-order valence-electron chi connectivity index (χ3n) is 1.53. The molecule has 0 radical (unpaired) electrons. The molecule has 0 saturated carbocycles. The standard InChI is InChI=1S/C9H11ClN2O2/c1-6(13)3-12-9(14)7-2-8(10)5-11-4-7/h2,4-6,13H,3H2,1H3,(H,12,14). The number of aromatic nitrogens is 1. The van der Waals surface area contributed by atoms with Crippen LogP contribution in [0.25, 0.3) is 0 Å². The highest BCUT2D eigenvalue weighted by molar-refractivity contribution is 6.30. The Balaban J connectivity index is 2.61. The molecule has 4 nitrogen and oxygen atoms in total. The van der Waals surface area contributed by atoms with Gasteiger partial charge >= 0.3 is 0 Å². The van der Waals surface area contributed by atoms with E-state index in [0.29, 0.717) is 10.6 Å². The first-order valence-corrected chi connectivity index (χ1v) is 4.54. The number of halogens is 1. The number of carbonyl (C=O) groups is 1. The van der Waals surface area contributed by atoms with Crippen LogP contribution in [0, 0.1) is 0 Å². The summed E-state index contributed by atoms with van der Waals surface area (Å²) >= 11 is 5.66. The quantitative estimate of drug-likeness (QED) is 0.784. The van der Waals surface area contributed by atoms with Crippen molar-refractivity contribution >= 4 is 17.5 Å². The summed E-state index contributed by atoms with van der Waals surface area (Å²) in [6.07, 6.45) is 2.31. The van der Waals surface area contributed by atoms with Gasteiger partial charge in [0.05, 0.1) is 16.7 Å². The highest BCUT2D eigenvalue weighted by Gasteiger charge is 2.06. The van der Waals surface area contributed by atoms with Crippen LogP contribution in [0.3, 0.4) is 0 Å². The minimum Gasteiger partial charge on any atom is -0.392 e. The van der Waals surface area contributed by atoms with Gasteiger partial charge in [-0.1, -0.05) is 11.6 Å². The normalized spacial score (nSPS) is 12.2. The maximum absolute atomic E-state index is 11.4. The number of aliphatic hydroxyl groups is 1. The van der Waals surface area contributed by atoms with E-state index in [2.05, 4.69) is 10.3 Å². The van der Waals surface area contributed by atoms with Gasteiger partial charge in [0.1, 0.15) is 0 Å². The summed E-state index contributed by atoms with van der Waals surface area (Å²) in [7, 11) is 0. The molecule has 1 aromatic rings. The molecule has 76 valence electrons. The molecule has 1 aromatic heterocycles. The van der Waals surface area contributed by atoms with Crippen molar-refractivity contribution in [3.8, 4) is 0 Å². The molecule has 1 heterocycles. The molecule has 1 unspecified atom stereocenters. The van der Waals surface area contributed by atoms with Crippen molar-refractivity contribution in [2.24, 2.45) is 0 Å². The average molecular weight is 215 g/mol. The van der Waals surface area contributed by atoms with Crippen LogP contribution in [0.5, 0.6) is 0 Å². The Labute approximate surface area is 86.9 Å². The van der Waals surface area contributed by atoms with Gasteiger partial charge in [0.2, 0.25) is 0 Å². The summed E-state index contributed by atoms with van der Waals surface area (Å²) in [6.45, 7) is 1.81. The maximum Gasteiger partial charge on any atom is 0.252 e. The summed E-state index contributed by atoms with van der Waals surface area (Å²) in [5, 5.41) is 11.9. The molecule has 5 heteroatoms. The van der Waals surface area contributed by atoms with Crippen molar-refractivity contribution in [3.05, 3.63) is 29.0 Å². The van der Waals surface area contributed by atoms with Gasteiger partial charge in [0, 0.05) is 18.9 Å². The molecular weight excluding hydrogens is 204 g/mol. The molecule has 0 bridgehead atoms. The summed E-state index contributed by atoms with van der Waals surface area (Å²) in [5.74, 6) is -0.291. The minimum atomic E-state index is -0.564. The zero-order valence-electron chi connectivity index (χ0n) is 7.70. The lowest BCUT2D eigenvalue weighted by Gasteiger charge is -2.06. The van der Waals surface area contributed by atoms with Crippen LogP contribution >= 0.6 is 11.6 Å². The number of amides is 1. The van der Waals surface area contributed by atoms with Gasteiger partial charge in [-0.25, -0.2) is 0 Å². The van der Waals surface area contributed by atoms with Crippen LogP contribution in [0.4, 0.5) is 0 Å². The zero-order valence-corrected chi connectivity index (χ0v) is 8.45. The van der Waals surface area contributed by atoms with Gasteiger partial charge in [0.15, 0.2) is 0 Å². The number of nitrogens with zero attached hydrogens (tertiary/aromatic N) is 1. The van der Waals surface area contributed by atoms with Crippen LogP contribution < -0.4 is 5.32 Å². The van der Waals surface area contributed by atoms with E-state index in [9.17, 15) is 4.79 Å².